The number of nitrogens with one attached hydrogen (secondary N) is 2. The van der Waals surface area contributed by atoms with E-state index in [1.807, 2.05) is 31.1 Å². The van der Waals surface area contributed by atoms with Gasteiger partial charge in [0.05, 0.1) is 0 Å². The number of amides is 1. The molecule has 2 aromatic rings. The molecule has 0 atom stereocenters. The van der Waals surface area contributed by atoms with Gasteiger partial charge >= 0.3 is 0 Å². The van der Waals surface area contributed by atoms with E-state index in [2.05, 4.69) is 20.5 Å². The summed E-state index contributed by atoms with van der Waals surface area (Å²) < 4.78 is 5.58. The van der Waals surface area contributed by atoms with Crippen LogP contribution in [0.4, 0.5) is 5.69 Å². The van der Waals surface area contributed by atoms with Gasteiger partial charge in [-0.3, -0.25) is 9.89 Å². The molecule has 0 aliphatic rings. The fraction of sp³-hybridized carbons (Fsp3) is 0.357. The highest BCUT2D eigenvalue weighted by molar-refractivity contribution is 6.01. The number of likely N-dealkylation sites (N-methyl/N-ethyl adjacent to an activating group) is 1. The maximum absolute atomic E-state index is 11.9. The fourth-order valence-corrected chi connectivity index (χ4v) is 1.61. The summed E-state index contributed by atoms with van der Waals surface area (Å²) in [4.78, 5) is 17.9. The van der Waals surface area contributed by atoms with Crippen LogP contribution in [0.3, 0.4) is 0 Å². The Bertz CT molecular complexity index is 592. The van der Waals surface area contributed by atoms with Crippen LogP contribution in [0.5, 0.6) is 5.75 Å². The number of hydrogen-bond donors (Lipinski definition) is 2. The van der Waals surface area contributed by atoms with Crippen LogP contribution in [0.1, 0.15) is 16.4 Å². The van der Waals surface area contributed by atoms with Gasteiger partial charge in [-0.1, -0.05) is 0 Å². The second kappa shape index (κ2) is 6.85. The van der Waals surface area contributed by atoms with E-state index in [4.69, 9.17) is 4.74 Å². The first-order chi connectivity index (χ1) is 10.0. The minimum atomic E-state index is -0.347. The number of aryl methyl sites for hydroxylation is 1. The zero-order chi connectivity index (χ0) is 15.2. The molecule has 0 aliphatic heterocycles. The van der Waals surface area contributed by atoms with Gasteiger partial charge in [-0.15, -0.1) is 5.10 Å². The third kappa shape index (κ3) is 4.57. The first-order valence-electron chi connectivity index (χ1n) is 6.62. The van der Waals surface area contributed by atoms with E-state index in [0.29, 0.717) is 18.1 Å². The molecule has 2 rings (SSSR count). The Kier molecular flexibility index (Phi) is 4.89. The van der Waals surface area contributed by atoms with Gasteiger partial charge in [0.15, 0.2) is 0 Å². The topological polar surface area (TPSA) is 83.1 Å². The van der Waals surface area contributed by atoms with Gasteiger partial charge in [0, 0.05) is 12.2 Å². The van der Waals surface area contributed by atoms with E-state index < -0.39 is 0 Å². The molecule has 2 N–H and O–H groups in total. The second-order valence-corrected chi connectivity index (χ2v) is 4.87. The van der Waals surface area contributed by atoms with Crippen LogP contribution in [0.15, 0.2) is 24.3 Å². The molecule has 0 saturated heterocycles. The zero-order valence-electron chi connectivity index (χ0n) is 12.4. The van der Waals surface area contributed by atoms with E-state index >= 15 is 0 Å². The number of carbonyl (C=O) groups is 1. The van der Waals surface area contributed by atoms with Crippen molar-refractivity contribution in [1.82, 2.24) is 20.1 Å². The van der Waals surface area contributed by atoms with Crippen LogP contribution in [-0.2, 0) is 0 Å². The van der Waals surface area contributed by atoms with Crippen molar-refractivity contribution in [3.8, 4) is 5.75 Å². The van der Waals surface area contributed by atoms with Gasteiger partial charge in [-0.25, -0.2) is 4.98 Å². The van der Waals surface area contributed by atoms with Crippen molar-refractivity contribution >= 4 is 11.6 Å². The quantitative estimate of drug-likeness (QED) is 0.837. The minimum Gasteiger partial charge on any atom is -0.492 e. The van der Waals surface area contributed by atoms with Gasteiger partial charge in [-0.2, -0.15) is 0 Å². The van der Waals surface area contributed by atoms with Crippen molar-refractivity contribution in [2.24, 2.45) is 0 Å². The smallest absolute Gasteiger partial charge is 0.295 e. The average molecular weight is 289 g/mol. The first kappa shape index (κ1) is 15.0. The van der Waals surface area contributed by atoms with Gasteiger partial charge in [0.1, 0.15) is 18.2 Å². The summed E-state index contributed by atoms with van der Waals surface area (Å²) in [6, 6.07) is 7.19. The van der Waals surface area contributed by atoms with Crippen molar-refractivity contribution in [2.45, 2.75) is 6.92 Å². The van der Waals surface area contributed by atoms with Gasteiger partial charge in [0.25, 0.3) is 5.91 Å². The SMILES string of the molecule is Cc1nc(C(=O)Nc2ccc(OCCN(C)C)cc2)n[nH]1. The van der Waals surface area contributed by atoms with Gasteiger partial charge in [-0.05, 0) is 45.3 Å². The van der Waals surface area contributed by atoms with Crippen molar-refractivity contribution in [2.75, 3.05) is 32.6 Å². The largest absolute Gasteiger partial charge is 0.492 e. The highest BCUT2D eigenvalue weighted by atomic mass is 16.5. The molecule has 0 radical (unpaired) electrons. The molecule has 112 valence electrons. The van der Waals surface area contributed by atoms with E-state index in [1.165, 1.54) is 0 Å². The van der Waals surface area contributed by atoms with Crippen molar-refractivity contribution < 1.29 is 9.53 Å². The fourth-order valence-electron chi connectivity index (χ4n) is 1.61. The molecule has 1 aromatic carbocycles. The van der Waals surface area contributed by atoms with Crippen LogP contribution in [-0.4, -0.2) is 53.2 Å². The summed E-state index contributed by atoms with van der Waals surface area (Å²) in [5.74, 6) is 1.15. The summed E-state index contributed by atoms with van der Waals surface area (Å²) in [6.07, 6.45) is 0. The summed E-state index contributed by atoms with van der Waals surface area (Å²) >= 11 is 0. The Balaban J connectivity index is 1.88. The molecule has 0 saturated carbocycles. The Morgan fingerprint density at radius 1 is 1.33 bits per heavy atom. The third-order valence-corrected chi connectivity index (χ3v) is 2.72. The monoisotopic (exact) mass is 289 g/mol. The first-order valence-corrected chi connectivity index (χ1v) is 6.62. The summed E-state index contributed by atoms with van der Waals surface area (Å²) in [6.45, 7) is 3.21. The lowest BCUT2D eigenvalue weighted by Gasteiger charge is -2.11. The molecule has 21 heavy (non-hydrogen) atoms. The maximum atomic E-state index is 11.9. The second-order valence-electron chi connectivity index (χ2n) is 4.87. The molecular formula is C14H19N5O2. The van der Waals surface area contributed by atoms with Crippen molar-refractivity contribution in [3.05, 3.63) is 35.9 Å². The molecule has 1 amide bonds. The van der Waals surface area contributed by atoms with Crippen LogP contribution >= 0.6 is 0 Å². The van der Waals surface area contributed by atoms with Gasteiger partial charge in [0.2, 0.25) is 5.82 Å². The van der Waals surface area contributed by atoms with Crippen LogP contribution in [0.25, 0.3) is 0 Å². The number of hydrogen-bond acceptors (Lipinski definition) is 5. The number of rotatable bonds is 6. The number of nitrogens with zero attached hydrogens (tertiary/aromatic N) is 3. The standard InChI is InChI=1S/C14H19N5O2/c1-10-15-13(18-17-10)14(20)16-11-4-6-12(7-5-11)21-9-8-19(2)3/h4-7H,8-9H2,1-3H3,(H,16,20)(H,15,17,18). The predicted octanol–water partition coefficient (Wildman–Crippen LogP) is 1.31. The average Bonchev–Trinajstić information content (AvgIpc) is 2.87. The van der Waals surface area contributed by atoms with Gasteiger partial charge < -0.3 is 15.0 Å². The highest BCUT2D eigenvalue weighted by Crippen LogP contribution is 2.16. The summed E-state index contributed by atoms with van der Waals surface area (Å²) in [7, 11) is 3.99. The number of aromatic amines is 1. The Morgan fingerprint density at radius 3 is 2.62 bits per heavy atom. The molecule has 7 heteroatoms. The van der Waals surface area contributed by atoms with Crippen LogP contribution < -0.4 is 10.1 Å². The molecule has 0 spiro atoms. The lowest BCUT2D eigenvalue weighted by atomic mass is 10.3. The molecule has 0 fully saturated rings. The zero-order valence-corrected chi connectivity index (χ0v) is 12.4. The molecular weight excluding hydrogens is 270 g/mol. The molecule has 1 aromatic heterocycles. The number of benzene rings is 1. The Hall–Kier alpha value is -2.41. The maximum Gasteiger partial charge on any atom is 0.295 e. The van der Waals surface area contributed by atoms with E-state index in [1.54, 1.807) is 19.1 Å². The molecule has 0 aliphatic carbocycles. The Labute approximate surface area is 123 Å². The summed E-state index contributed by atoms with van der Waals surface area (Å²) in [5.41, 5.74) is 0.669. The Morgan fingerprint density at radius 2 is 2.05 bits per heavy atom. The highest BCUT2D eigenvalue weighted by Gasteiger charge is 2.11. The van der Waals surface area contributed by atoms with Crippen molar-refractivity contribution in [1.29, 1.82) is 0 Å². The number of anilines is 1. The lowest BCUT2D eigenvalue weighted by molar-refractivity contribution is 0.101. The third-order valence-electron chi connectivity index (χ3n) is 2.72. The lowest BCUT2D eigenvalue weighted by Crippen LogP contribution is -2.19. The minimum absolute atomic E-state index is 0.124. The predicted molar refractivity (Wildman–Crippen MR) is 79.6 cm³/mol. The molecule has 1 heterocycles. The summed E-state index contributed by atoms with van der Waals surface area (Å²) in [5, 5.41) is 9.17. The molecule has 0 unspecified atom stereocenters. The van der Waals surface area contributed by atoms with E-state index in [-0.39, 0.29) is 11.7 Å². The number of aromatic nitrogens is 3. The number of carbonyl (C=O) groups excluding carboxylic acids is 1. The number of H-pyrrole nitrogens is 1. The number of ether oxygens (including phenoxy) is 1. The normalized spacial score (nSPS) is 10.7. The molecule has 0 bridgehead atoms. The van der Waals surface area contributed by atoms with Crippen LogP contribution in [0.2, 0.25) is 0 Å². The molecule has 7 nitrogen and oxygen atoms in total. The van der Waals surface area contributed by atoms with E-state index in [0.717, 1.165) is 12.3 Å². The van der Waals surface area contributed by atoms with Crippen molar-refractivity contribution in [3.63, 3.8) is 0 Å². The van der Waals surface area contributed by atoms with E-state index in [9.17, 15) is 4.79 Å². The van der Waals surface area contributed by atoms with Crippen LogP contribution in [0, 0.1) is 6.92 Å².